The summed E-state index contributed by atoms with van der Waals surface area (Å²) in [6.45, 7) is 2.63. The molecule has 0 saturated heterocycles. The molecule has 1 N–H and O–H groups in total. The Morgan fingerprint density at radius 2 is 1.35 bits per heavy atom. The van der Waals surface area contributed by atoms with Gasteiger partial charge in [-0.15, -0.1) is 0 Å². The molecule has 0 spiro atoms. The number of nitrogens with one attached hydrogen (secondary N) is 1. The van der Waals surface area contributed by atoms with Crippen LogP contribution in [0.3, 0.4) is 0 Å². The average Bonchev–Trinajstić information content (AvgIpc) is 2.47. The van der Waals surface area contributed by atoms with Gasteiger partial charge in [-0.25, -0.2) is 4.57 Å². The van der Waals surface area contributed by atoms with Gasteiger partial charge < -0.3 is 14.4 Å². The van der Waals surface area contributed by atoms with Crippen molar-refractivity contribution in [3.05, 3.63) is 60.7 Å². The topological polar surface area (TPSA) is 47.6 Å². The molecule has 0 amide bonds. The van der Waals surface area contributed by atoms with Crippen molar-refractivity contribution in [2.75, 3.05) is 12.8 Å². The Kier molecular flexibility index (Phi) is 5.22. The van der Waals surface area contributed by atoms with E-state index in [-0.39, 0.29) is 6.29 Å². The molecule has 0 aromatic heterocycles. The Morgan fingerprint density at radius 1 is 0.900 bits per heavy atom. The Labute approximate surface area is 119 Å². The van der Waals surface area contributed by atoms with Crippen LogP contribution in [0, 0.1) is 0 Å². The van der Waals surface area contributed by atoms with E-state index < -0.39 is 7.60 Å². The molecule has 4 nitrogen and oxygen atoms in total. The second kappa shape index (κ2) is 7.13. The van der Waals surface area contributed by atoms with E-state index in [1.54, 1.807) is 24.3 Å². The summed E-state index contributed by atoms with van der Waals surface area (Å²) >= 11 is 0. The summed E-state index contributed by atoms with van der Waals surface area (Å²) in [4.78, 5) is 0. The minimum atomic E-state index is -3.29. The van der Waals surface area contributed by atoms with Crippen LogP contribution < -0.4 is 14.4 Å². The highest BCUT2D eigenvalue weighted by Gasteiger charge is 2.27. The van der Waals surface area contributed by atoms with Crippen molar-refractivity contribution in [2.24, 2.45) is 0 Å². The highest BCUT2D eigenvalue weighted by Crippen LogP contribution is 2.47. The van der Waals surface area contributed by atoms with Crippen molar-refractivity contribution in [2.45, 2.75) is 6.92 Å². The monoisotopic (exact) mass is 291 g/mol. The fraction of sp³-hybridized carbons (Fsp3) is 0.200. The third-order valence-corrected chi connectivity index (χ3v) is 4.12. The van der Waals surface area contributed by atoms with Gasteiger partial charge in [0.1, 0.15) is 17.8 Å². The summed E-state index contributed by atoms with van der Waals surface area (Å²) in [7, 11) is -3.29. The molecule has 0 atom stereocenters. The number of rotatable bonds is 7. The molecule has 5 heteroatoms. The zero-order valence-corrected chi connectivity index (χ0v) is 12.3. The van der Waals surface area contributed by atoms with E-state index in [0.717, 1.165) is 0 Å². The number of hydrogen-bond acceptors (Lipinski definition) is 4. The predicted octanol–water partition coefficient (Wildman–Crippen LogP) is 3.90. The second-order valence-corrected chi connectivity index (χ2v) is 6.08. The summed E-state index contributed by atoms with van der Waals surface area (Å²) in [5.74, 6) is 1.06. The normalized spacial score (nSPS) is 11.1. The minimum Gasteiger partial charge on any atom is -0.415 e. The van der Waals surface area contributed by atoms with Gasteiger partial charge in [0.15, 0.2) is 0 Å². The van der Waals surface area contributed by atoms with Crippen molar-refractivity contribution in [1.29, 1.82) is 0 Å². The fourth-order valence-electron chi connectivity index (χ4n) is 1.62. The standard InChI is InChI=1S/C15H18NO3P/c1-2-16-13-20(17,18-14-9-5-3-6-10-14)19-15-11-7-4-8-12-15/h3-12,16H,2,13H2,1H3. The van der Waals surface area contributed by atoms with Gasteiger partial charge in [0, 0.05) is 0 Å². The largest absolute Gasteiger partial charge is 0.444 e. The van der Waals surface area contributed by atoms with Crippen LogP contribution in [0.15, 0.2) is 60.7 Å². The van der Waals surface area contributed by atoms with Gasteiger partial charge in [0.25, 0.3) is 0 Å². The van der Waals surface area contributed by atoms with Crippen molar-refractivity contribution in [3.63, 3.8) is 0 Å². The van der Waals surface area contributed by atoms with E-state index in [4.69, 9.17) is 9.05 Å². The molecule has 0 aliphatic rings. The number of benzene rings is 2. The smallest absolute Gasteiger partial charge is 0.415 e. The lowest BCUT2D eigenvalue weighted by atomic mass is 10.3. The molecule has 0 fully saturated rings. The fourth-order valence-corrected chi connectivity index (χ4v) is 3.17. The van der Waals surface area contributed by atoms with E-state index in [1.165, 1.54) is 0 Å². The molecule has 0 bridgehead atoms. The van der Waals surface area contributed by atoms with Crippen molar-refractivity contribution < 1.29 is 13.6 Å². The van der Waals surface area contributed by atoms with Crippen LogP contribution in [0.1, 0.15) is 6.92 Å². The van der Waals surface area contributed by atoms with Crippen molar-refractivity contribution >= 4 is 7.60 Å². The second-order valence-electron chi connectivity index (χ2n) is 4.18. The Morgan fingerprint density at radius 3 is 1.75 bits per heavy atom. The van der Waals surface area contributed by atoms with E-state index in [1.807, 2.05) is 43.3 Å². The SMILES string of the molecule is CCNCP(=O)(Oc1ccccc1)Oc1ccccc1. The molecule has 0 unspecified atom stereocenters. The maximum absolute atomic E-state index is 12.8. The molecule has 0 radical (unpaired) electrons. The van der Waals surface area contributed by atoms with Crippen LogP contribution in [-0.4, -0.2) is 12.8 Å². The first kappa shape index (κ1) is 14.6. The Bertz CT molecular complexity index is 514. The molecule has 2 rings (SSSR count). The third-order valence-electron chi connectivity index (χ3n) is 2.53. The molecule has 0 heterocycles. The molecular formula is C15H18NO3P. The zero-order valence-electron chi connectivity index (χ0n) is 11.4. The van der Waals surface area contributed by atoms with Crippen LogP contribution >= 0.6 is 7.60 Å². The molecule has 2 aromatic carbocycles. The van der Waals surface area contributed by atoms with Crippen molar-refractivity contribution in [1.82, 2.24) is 5.32 Å². The van der Waals surface area contributed by atoms with Gasteiger partial charge >= 0.3 is 7.60 Å². The molecule has 20 heavy (non-hydrogen) atoms. The zero-order chi connectivity index (χ0) is 14.3. The van der Waals surface area contributed by atoms with Gasteiger partial charge in [0.05, 0.1) is 0 Å². The quantitative estimate of drug-likeness (QED) is 0.786. The van der Waals surface area contributed by atoms with Crippen LogP contribution in [0.5, 0.6) is 11.5 Å². The summed E-state index contributed by atoms with van der Waals surface area (Å²) < 4.78 is 24.0. The van der Waals surface area contributed by atoms with E-state index in [2.05, 4.69) is 5.32 Å². The van der Waals surface area contributed by atoms with Gasteiger partial charge in [-0.05, 0) is 30.8 Å². The maximum atomic E-state index is 12.8. The minimum absolute atomic E-state index is 0.160. The Hall–Kier alpha value is -1.77. The summed E-state index contributed by atoms with van der Waals surface area (Å²) in [5, 5.41) is 3.02. The molecule has 106 valence electrons. The third kappa shape index (κ3) is 4.41. The highest BCUT2D eigenvalue weighted by molar-refractivity contribution is 7.54. The van der Waals surface area contributed by atoms with Crippen LogP contribution in [0.25, 0.3) is 0 Å². The number of para-hydroxylation sites is 2. The maximum Gasteiger partial charge on any atom is 0.444 e. The first-order valence-corrected chi connectivity index (χ1v) is 8.24. The van der Waals surface area contributed by atoms with Gasteiger partial charge in [-0.2, -0.15) is 0 Å². The van der Waals surface area contributed by atoms with E-state index in [9.17, 15) is 4.57 Å². The first-order valence-electron chi connectivity index (χ1n) is 6.51. The van der Waals surface area contributed by atoms with Gasteiger partial charge in [-0.3, -0.25) is 0 Å². The first-order chi connectivity index (χ1) is 9.72. The number of hydrogen-bond donors (Lipinski definition) is 1. The van der Waals surface area contributed by atoms with Crippen LogP contribution in [0.2, 0.25) is 0 Å². The van der Waals surface area contributed by atoms with E-state index in [0.29, 0.717) is 18.0 Å². The average molecular weight is 291 g/mol. The lowest BCUT2D eigenvalue weighted by molar-refractivity contribution is 0.381. The van der Waals surface area contributed by atoms with Gasteiger partial charge in [-0.1, -0.05) is 43.3 Å². The summed E-state index contributed by atoms with van der Waals surface area (Å²) in [6.07, 6.45) is 0.160. The van der Waals surface area contributed by atoms with Crippen LogP contribution in [0.4, 0.5) is 0 Å². The molecule has 2 aromatic rings. The molecule has 0 saturated carbocycles. The highest BCUT2D eigenvalue weighted by atomic mass is 31.2. The molecule has 0 aliphatic heterocycles. The molecular weight excluding hydrogens is 273 g/mol. The lowest BCUT2D eigenvalue weighted by Gasteiger charge is -2.20. The lowest BCUT2D eigenvalue weighted by Crippen LogP contribution is -2.19. The molecule has 0 aliphatic carbocycles. The van der Waals surface area contributed by atoms with E-state index >= 15 is 0 Å². The Balaban J connectivity index is 2.15. The van der Waals surface area contributed by atoms with Crippen molar-refractivity contribution in [3.8, 4) is 11.5 Å². The summed E-state index contributed by atoms with van der Waals surface area (Å²) in [6, 6.07) is 18.1. The summed E-state index contributed by atoms with van der Waals surface area (Å²) in [5.41, 5.74) is 0. The van der Waals surface area contributed by atoms with Gasteiger partial charge in [0.2, 0.25) is 0 Å². The van der Waals surface area contributed by atoms with Crippen LogP contribution in [-0.2, 0) is 4.57 Å². The predicted molar refractivity (Wildman–Crippen MR) is 80.3 cm³/mol.